The molecule has 0 aliphatic heterocycles. The van der Waals surface area contributed by atoms with Gasteiger partial charge in [0.05, 0.1) is 0 Å². The van der Waals surface area contributed by atoms with Crippen LogP contribution in [0.3, 0.4) is 0 Å². The maximum Gasteiger partial charge on any atom is 0.163 e. The van der Waals surface area contributed by atoms with E-state index in [0.717, 1.165) is 12.0 Å². The first-order valence-corrected chi connectivity index (χ1v) is 4.31. The van der Waals surface area contributed by atoms with Gasteiger partial charge in [0.2, 0.25) is 0 Å². The summed E-state index contributed by atoms with van der Waals surface area (Å²) in [5.74, 6) is 0.279. The van der Waals surface area contributed by atoms with E-state index in [0.29, 0.717) is 6.42 Å². The third-order valence-electron chi connectivity index (χ3n) is 1.97. The number of carbonyl (C=O) groups excluding carboxylic acids is 1. The molecule has 1 nitrogen and oxygen atoms in total. The zero-order chi connectivity index (χ0) is 8.97. The second-order valence-electron chi connectivity index (χ2n) is 2.86. The molecule has 0 aromatic carbocycles. The van der Waals surface area contributed by atoms with Crippen LogP contribution in [0.25, 0.3) is 0 Å². The largest absolute Gasteiger partial charge is 0.294 e. The lowest BCUT2D eigenvalue weighted by Gasteiger charge is -1.93. The Balaban J connectivity index is 2.97. The molecular weight excluding hydrogens is 148 g/mol. The van der Waals surface area contributed by atoms with Gasteiger partial charge in [-0.25, -0.2) is 0 Å². The summed E-state index contributed by atoms with van der Waals surface area (Å²) in [6.07, 6.45) is 9.42. The van der Waals surface area contributed by atoms with Gasteiger partial charge in [0.15, 0.2) is 5.78 Å². The van der Waals surface area contributed by atoms with Crippen molar-refractivity contribution in [2.24, 2.45) is 0 Å². The summed E-state index contributed by atoms with van der Waals surface area (Å²) in [6.45, 7) is 3.91. The van der Waals surface area contributed by atoms with Crippen molar-refractivity contribution in [3.05, 3.63) is 35.5 Å². The van der Waals surface area contributed by atoms with Gasteiger partial charge in [0.25, 0.3) is 0 Å². The zero-order valence-corrected chi connectivity index (χ0v) is 7.63. The minimum atomic E-state index is 0.279. The van der Waals surface area contributed by atoms with Crippen LogP contribution in [0.4, 0.5) is 0 Å². The highest BCUT2D eigenvalue weighted by atomic mass is 16.1. The number of hydrogen-bond acceptors (Lipinski definition) is 1. The van der Waals surface area contributed by atoms with Crippen LogP contribution in [0.15, 0.2) is 35.5 Å². The van der Waals surface area contributed by atoms with Crippen molar-refractivity contribution in [2.75, 3.05) is 0 Å². The molecule has 0 amide bonds. The summed E-state index contributed by atoms with van der Waals surface area (Å²) in [6, 6.07) is 0. The van der Waals surface area contributed by atoms with Gasteiger partial charge >= 0.3 is 0 Å². The lowest BCUT2D eigenvalue weighted by molar-refractivity contribution is -0.114. The number of hydrogen-bond donors (Lipinski definition) is 0. The molecule has 0 aromatic heterocycles. The molecule has 0 bridgehead atoms. The smallest absolute Gasteiger partial charge is 0.163 e. The van der Waals surface area contributed by atoms with E-state index in [-0.39, 0.29) is 5.78 Å². The van der Waals surface area contributed by atoms with E-state index >= 15 is 0 Å². The monoisotopic (exact) mass is 162 g/mol. The molecule has 1 rings (SSSR count). The Kier molecular flexibility index (Phi) is 3.03. The van der Waals surface area contributed by atoms with E-state index < -0.39 is 0 Å². The Morgan fingerprint density at radius 3 is 2.33 bits per heavy atom. The number of Topliss-reactive ketones (excluding diaryl/α,β-unsaturated/α-hetero) is 1. The third-order valence-corrected chi connectivity index (χ3v) is 1.97. The molecule has 64 valence electrons. The SMILES string of the molecule is C/C=C\C1=C(/C=C\C)C(=O)CC1. The van der Waals surface area contributed by atoms with Crippen LogP contribution in [-0.2, 0) is 4.79 Å². The summed E-state index contributed by atoms with van der Waals surface area (Å²) >= 11 is 0. The summed E-state index contributed by atoms with van der Waals surface area (Å²) in [5.41, 5.74) is 2.08. The predicted octanol–water partition coefficient (Wildman–Crippen LogP) is 2.80. The summed E-state index contributed by atoms with van der Waals surface area (Å²) < 4.78 is 0. The van der Waals surface area contributed by atoms with Crippen LogP contribution in [0.5, 0.6) is 0 Å². The molecule has 0 spiro atoms. The van der Waals surface area contributed by atoms with Crippen molar-refractivity contribution in [3.8, 4) is 0 Å². The van der Waals surface area contributed by atoms with Gasteiger partial charge in [-0.2, -0.15) is 0 Å². The molecule has 0 atom stereocenters. The van der Waals surface area contributed by atoms with E-state index in [1.807, 2.05) is 38.2 Å². The zero-order valence-electron chi connectivity index (χ0n) is 7.63. The van der Waals surface area contributed by atoms with Crippen LogP contribution < -0.4 is 0 Å². The van der Waals surface area contributed by atoms with E-state index in [1.54, 1.807) is 0 Å². The fourth-order valence-corrected chi connectivity index (χ4v) is 1.44. The van der Waals surface area contributed by atoms with Gasteiger partial charge < -0.3 is 0 Å². The predicted molar refractivity (Wildman–Crippen MR) is 50.9 cm³/mol. The molecule has 0 radical (unpaired) electrons. The standard InChI is InChI=1S/C11H14O/c1-3-5-9-7-8-11(12)10(9)6-4-2/h3-6H,7-8H2,1-2H3/b5-3-,6-4-. The quantitative estimate of drug-likeness (QED) is 0.610. The van der Waals surface area contributed by atoms with Crippen molar-refractivity contribution >= 4 is 5.78 Å². The molecule has 1 heteroatoms. The first kappa shape index (κ1) is 8.98. The average molecular weight is 162 g/mol. The lowest BCUT2D eigenvalue weighted by atomic mass is 10.1. The summed E-state index contributed by atoms with van der Waals surface area (Å²) in [5, 5.41) is 0. The maximum absolute atomic E-state index is 11.3. The van der Waals surface area contributed by atoms with E-state index in [2.05, 4.69) is 0 Å². The Morgan fingerprint density at radius 2 is 1.75 bits per heavy atom. The molecule has 0 unspecified atom stereocenters. The number of rotatable bonds is 2. The first-order chi connectivity index (χ1) is 5.79. The highest BCUT2D eigenvalue weighted by Crippen LogP contribution is 2.24. The van der Waals surface area contributed by atoms with Crippen molar-refractivity contribution in [1.29, 1.82) is 0 Å². The second-order valence-corrected chi connectivity index (χ2v) is 2.86. The molecule has 0 saturated carbocycles. The average Bonchev–Trinajstić information content (AvgIpc) is 2.37. The fraction of sp³-hybridized carbons (Fsp3) is 0.364. The number of ketones is 1. The van der Waals surface area contributed by atoms with Crippen LogP contribution in [-0.4, -0.2) is 5.78 Å². The third kappa shape index (κ3) is 1.73. The highest BCUT2D eigenvalue weighted by Gasteiger charge is 2.18. The molecule has 0 N–H and O–H groups in total. The van der Waals surface area contributed by atoms with Gasteiger partial charge in [0, 0.05) is 12.0 Å². The van der Waals surface area contributed by atoms with Crippen molar-refractivity contribution in [2.45, 2.75) is 26.7 Å². The Morgan fingerprint density at radius 1 is 1.08 bits per heavy atom. The topological polar surface area (TPSA) is 17.1 Å². The van der Waals surface area contributed by atoms with Gasteiger partial charge in [0.1, 0.15) is 0 Å². The van der Waals surface area contributed by atoms with E-state index in [4.69, 9.17) is 0 Å². The molecule has 1 aliphatic carbocycles. The van der Waals surface area contributed by atoms with Crippen LogP contribution in [0, 0.1) is 0 Å². The Labute approximate surface area is 73.5 Å². The second kappa shape index (κ2) is 4.05. The number of carbonyl (C=O) groups is 1. The Hall–Kier alpha value is -1.11. The highest BCUT2D eigenvalue weighted by molar-refractivity contribution is 6.01. The lowest BCUT2D eigenvalue weighted by Crippen LogP contribution is -1.91. The van der Waals surface area contributed by atoms with Crippen LogP contribution in [0.1, 0.15) is 26.7 Å². The van der Waals surface area contributed by atoms with Crippen LogP contribution in [0.2, 0.25) is 0 Å². The van der Waals surface area contributed by atoms with Gasteiger partial charge in [-0.15, -0.1) is 0 Å². The van der Waals surface area contributed by atoms with E-state index in [1.165, 1.54) is 5.57 Å². The van der Waals surface area contributed by atoms with Gasteiger partial charge in [-0.05, 0) is 25.8 Å². The normalized spacial score (nSPS) is 19.0. The molecule has 0 fully saturated rings. The van der Waals surface area contributed by atoms with Crippen molar-refractivity contribution in [1.82, 2.24) is 0 Å². The van der Waals surface area contributed by atoms with Crippen LogP contribution >= 0.6 is 0 Å². The first-order valence-electron chi connectivity index (χ1n) is 4.31. The summed E-state index contributed by atoms with van der Waals surface area (Å²) in [7, 11) is 0. The fourth-order valence-electron chi connectivity index (χ4n) is 1.44. The molecule has 0 saturated heterocycles. The summed E-state index contributed by atoms with van der Waals surface area (Å²) in [4.78, 5) is 11.3. The molecule has 12 heavy (non-hydrogen) atoms. The van der Waals surface area contributed by atoms with Gasteiger partial charge in [-0.1, -0.05) is 24.3 Å². The van der Waals surface area contributed by atoms with Gasteiger partial charge in [-0.3, -0.25) is 4.79 Å². The molecule has 0 heterocycles. The Bertz CT molecular complexity index is 267. The molecule has 0 aromatic rings. The van der Waals surface area contributed by atoms with Crippen molar-refractivity contribution < 1.29 is 4.79 Å². The minimum absolute atomic E-state index is 0.279. The molecular formula is C11H14O. The van der Waals surface area contributed by atoms with Crippen molar-refractivity contribution in [3.63, 3.8) is 0 Å². The number of allylic oxidation sites excluding steroid dienone is 6. The van der Waals surface area contributed by atoms with E-state index in [9.17, 15) is 4.79 Å². The molecule has 1 aliphatic rings. The minimum Gasteiger partial charge on any atom is -0.294 e. The maximum atomic E-state index is 11.3.